The minimum Gasteiger partial charge on any atom is -0.389 e. The van der Waals surface area contributed by atoms with E-state index in [0.717, 1.165) is 51.2 Å². The van der Waals surface area contributed by atoms with Crippen LogP contribution in [0, 0.1) is 6.92 Å². The highest BCUT2D eigenvalue weighted by Crippen LogP contribution is 2.36. The second kappa shape index (κ2) is 5.69. The molecule has 2 fully saturated rings. The highest BCUT2D eigenvalue weighted by molar-refractivity contribution is 5.05. The highest BCUT2D eigenvalue weighted by Gasteiger charge is 2.39. The summed E-state index contributed by atoms with van der Waals surface area (Å²) in [7, 11) is 0. The van der Waals surface area contributed by atoms with E-state index in [0.29, 0.717) is 5.82 Å². The highest BCUT2D eigenvalue weighted by atomic mass is 16.5. The van der Waals surface area contributed by atoms with Crippen molar-refractivity contribution in [2.45, 2.75) is 69.8 Å². The number of hydrogen-bond acceptors (Lipinski definition) is 5. The Morgan fingerprint density at radius 1 is 1.14 bits per heavy atom. The molecule has 0 aromatic carbocycles. The van der Waals surface area contributed by atoms with Gasteiger partial charge >= 0.3 is 0 Å². The van der Waals surface area contributed by atoms with Gasteiger partial charge in [0.25, 0.3) is 0 Å². The number of rotatable bonds is 3. The summed E-state index contributed by atoms with van der Waals surface area (Å²) >= 11 is 0. The van der Waals surface area contributed by atoms with Crippen LogP contribution in [0.5, 0.6) is 0 Å². The summed E-state index contributed by atoms with van der Waals surface area (Å²) in [5, 5.41) is 14.6. The number of hydrogen-bond donors (Lipinski definition) is 1. The van der Waals surface area contributed by atoms with Crippen molar-refractivity contribution >= 4 is 0 Å². The molecule has 5 nitrogen and oxygen atoms in total. The van der Waals surface area contributed by atoms with E-state index in [1.165, 1.54) is 19.3 Å². The number of aryl methyl sites for hydroxylation is 1. The van der Waals surface area contributed by atoms with Crippen LogP contribution in [0.3, 0.4) is 0 Å². The quantitative estimate of drug-likeness (QED) is 0.927. The van der Waals surface area contributed by atoms with Gasteiger partial charge in [0.15, 0.2) is 5.82 Å². The molecule has 1 aliphatic heterocycles. The monoisotopic (exact) mass is 293 g/mol. The van der Waals surface area contributed by atoms with Crippen LogP contribution in [0.2, 0.25) is 0 Å². The normalized spacial score (nSPS) is 25.9. The molecule has 0 spiro atoms. The maximum absolute atomic E-state index is 10.7. The Balaban J connectivity index is 1.57. The Kier molecular flexibility index (Phi) is 4.06. The van der Waals surface area contributed by atoms with Gasteiger partial charge in [-0.05, 0) is 45.7 Å². The van der Waals surface area contributed by atoms with Crippen molar-refractivity contribution in [2.75, 3.05) is 19.6 Å². The average Bonchev–Trinajstić information content (AvgIpc) is 2.90. The fourth-order valence-electron chi connectivity index (χ4n) is 3.74. The summed E-state index contributed by atoms with van der Waals surface area (Å²) in [6.45, 7) is 6.91. The molecule has 1 saturated carbocycles. The summed E-state index contributed by atoms with van der Waals surface area (Å²) in [5.74, 6) is 1.49. The minimum absolute atomic E-state index is 0.00700. The van der Waals surface area contributed by atoms with Crippen LogP contribution >= 0.6 is 0 Å². The molecule has 0 bridgehead atoms. The number of likely N-dealkylation sites (tertiary alicyclic amines) is 1. The lowest BCUT2D eigenvalue weighted by atomic mass is 9.79. The number of aromatic nitrogens is 2. The third-order valence-electron chi connectivity index (χ3n) is 5.31. The molecule has 21 heavy (non-hydrogen) atoms. The van der Waals surface area contributed by atoms with E-state index in [1.54, 1.807) is 0 Å². The smallest absolute Gasteiger partial charge is 0.232 e. The standard InChI is InChI=1S/C16H27N3O2/c1-13-17-14(21-18-13)15(2)8-10-19(11-9-15)12-16(20)6-4-3-5-7-16/h20H,3-12H2,1-2H3. The minimum atomic E-state index is -0.451. The molecule has 5 heteroatoms. The SMILES string of the molecule is Cc1noc(C2(C)CCN(CC3(O)CCCCC3)CC2)n1. The van der Waals surface area contributed by atoms with Crippen LogP contribution in [0.25, 0.3) is 0 Å². The summed E-state index contributed by atoms with van der Waals surface area (Å²) < 4.78 is 5.38. The molecule has 1 aromatic rings. The zero-order valence-corrected chi connectivity index (χ0v) is 13.3. The fraction of sp³-hybridized carbons (Fsp3) is 0.875. The molecule has 0 radical (unpaired) electrons. The van der Waals surface area contributed by atoms with Gasteiger partial charge in [-0.3, -0.25) is 0 Å². The van der Waals surface area contributed by atoms with E-state index in [1.807, 2.05) is 6.92 Å². The van der Waals surface area contributed by atoms with Crippen LogP contribution in [0.4, 0.5) is 0 Å². The third-order valence-corrected chi connectivity index (χ3v) is 5.31. The third kappa shape index (κ3) is 3.29. The molecule has 1 N–H and O–H groups in total. The van der Waals surface area contributed by atoms with E-state index >= 15 is 0 Å². The predicted molar refractivity (Wildman–Crippen MR) is 80.1 cm³/mol. The summed E-state index contributed by atoms with van der Waals surface area (Å²) in [6.07, 6.45) is 7.58. The van der Waals surface area contributed by atoms with Crippen LogP contribution in [0.1, 0.15) is 63.6 Å². The van der Waals surface area contributed by atoms with Gasteiger partial charge < -0.3 is 14.5 Å². The lowest BCUT2D eigenvalue weighted by molar-refractivity contribution is -0.0348. The molecule has 2 heterocycles. The van der Waals surface area contributed by atoms with Gasteiger partial charge in [0.05, 0.1) is 5.60 Å². The van der Waals surface area contributed by atoms with E-state index < -0.39 is 5.60 Å². The fourth-order valence-corrected chi connectivity index (χ4v) is 3.74. The lowest BCUT2D eigenvalue weighted by Gasteiger charge is -2.42. The molecule has 0 unspecified atom stereocenters. The Morgan fingerprint density at radius 3 is 2.38 bits per heavy atom. The molecule has 118 valence electrons. The van der Waals surface area contributed by atoms with Crippen molar-refractivity contribution in [3.05, 3.63) is 11.7 Å². The Labute approximate surface area is 126 Å². The summed E-state index contributed by atoms with van der Waals surface area (Å²) in [5.41, 5.74) is -0.458. The first-order valence-electron chi connectivity index (χ1n) is 8.25. The van der Waals surface area contributed by atoms with Gasteiger partial charge in [-0.25, -0.2) is 0 Å². The van der Waals surface area contributed by atoms with Crippen LogP contribution < -0.4 is 0 Å². The van der Waals surface area contributed by atoms with Crippen molar-refractivity contribution in [3.8, 4) is 0 Å². The molecule has 2 aliphatic rings. The van der Waals surface area contributed by atoms with Gasteiger partial charge in [-0.2, -0.15) is 4.98 Å². The maximum atomic E-state index is 10.7. The number of piperidine rings is 1. The molecule has 1 aliphatic carbocycles. The zero-order chi connectivity index (χ0) is 14.9. The molecule has 1 saturated heterocycles. The van der Waals surface area contributed by atoms with E-state index in [9.17, 15) is 5.11 Å². The summed E-state index contributed by atoms with van der Waals surface area (Å²) in [6, 6.07) is 0. The Morgan fingerprint density at radius 2 is 1.81 bits per heavy atom. The Hall–Kier alpha value is -0.940. The predicted octanol–water partition coefficient (Wildman–Crippen LogP) is 2.43. The van der Waals surface area contributed by atoms with Crippen LogP contribution in [-0.2, 0) is 5.41 Å². The number of β-amino-alcohol motifs (C(OH)–C–C–N with tert-alkyl or cyclic N) is 1. The van der Waals surface area contributed by atoms with Crippen molar-refractivity contribution in [3.63, 3.8) is 0 Å². The van der Waals surface area contributed by atoms with E-state index in [-0.39, 0.29) is 5.41 Å². The van der Waals surface area contributed by atoms with Crippen molar-refractivity contribution in [1.29, 1.82) is 0 Å². The molecular weight excluding hydrogens is 266 g/mol. The average molecular weight is 293 g/mol. The molecule has 0 atom stereocenters. The van der Waals surface area contributed by atoms with Gasteiger partial charge in [-0.1, -0.05) is 31.3 Å². The zero-order valence-electron chi connectivity index (χ0n) is 13.3. The number of aliphatic hydroxyl groups is 1. The van der Waals surface area contributed by atoms with Crippen LogP contribution in [0.15, 0.2) is 4.52 Å². The molecular formula is C16H27N3O2. The lowest BCUT2D eigenvalue weighted by Crippen LogP contribution is -2.49. The maximum Gasteiger partial charge on any atom is 0.232 e. The molecule has 0 amide bonds. The topological polar surface area (TPSA) is 62.4 Å². The second-order valence-electron chi connectivity index (χ2n) is 7.27. The second-order valence-corrected chi connectivity index (χ2v) is 7.27. The number of nitrogens with zero attached hydrogens (tertiary/aromatic N) is 3. The summed E-state index contributed by atoms with van der Waals surface area (Å²) in [4.78, 5) is 6.83. The van der Waals surface area contributed by atoms with Crippen molar-refractivity contribution in [1.82, 2.24) is 15.0 Å². The first-order valence-corrected chi connectivity index (χ1v) is 8.25. The molecule has 1 aromatic heterocycles. The van der Waals surface area contributed by atoms with E-state index in [2.05, 4.69) is 22.0 Å². The Bertz CT molecular complexity index is 472. The van der Waals surface area contributed by atoms with Gasteiger partial charge in [0.1, 0.15) is 0 Å². The largest absolute Gasteiger partial charge is 0.389 e. The van der Waals surface area contributed by atoms with Gasteiger partial charge in [0.2, 0.25) is 5.89 Å². The van der Waals surface area contributed by atoms with Crippen molar-refractivity contribution in [2.24, 2.45) is 0 Å². The first-order chi connectivity index (χ1) is 9.99. The van der Waals surface area contributed by atoms with Gasteiger partial charge in [0, 0.05) is 12.0 Å². The van der Waals surface area contributed by atoms with Crippen LogP contribution in [-0.4, -0.2) is 45.4 Å². The van der Waals surface area contributed by atoms with Gasteiger partial charge in [-0.15, -0.1) is 0 Å². The van der Waals surface area contributed by atoms with E-state index in [4.69, 9.17) is 4.52 Å². The van der Waals surface area contributed by atoms with Crippen molar-refractivity contribution < 1.29 is 9.63 Å². The first kappa shape index (κ1) is 15.0. The molecule has 3 rings (SSSR count).